The summed E-state index contributed by atoms with van der Waals surface area (Å²) in [5, 5.41) is 4.02. The van der Waals surface area contributed by atoms with Gasteiger partial charge in [0.15, 0.2) is 0 Å². The monoisotopic (exact) mass is 339 g/mol. The van der Waals surface area contributed by atoms with Crippen LogP contribution in [0.5, 0.6) is 0 Å². The molecule has 2 atom stereocenters. The number of nitrogens with zero attached hydrogens (tertiary/aromatic N) is 2. The Morgan fingerprint density at radius 1 is 1.28 bits per heavy atom. The number of amides is 1. The lowest BCUT2D eigenvalue weighted by molar-refractivity contribution is -0.116. The molecule has 3 rings (SSSR count). The van der Waals surface area contributed by atoms with Gasteiger partial charge in [0.25, 0.3) is 0 Å². The van der Waals surface area contributed by atoms with Gasteiger partial charge in [-0.3, -0.25) is 14.7 Å². The fourth-order valence-corrected chi connectivity index (χ4v) is 3.29. The zero-order valence-electron chi connectivity index (χ0n) is 14.8. The molecule has 2 aromatic rings. The van der Waals surface area contributed by atoms with Gasteiger partial charge in [-0.2, -0.15) is 0 Å². The molecule has 1 aromatic heterocycles. The summed E-state index contributed by atoms with van der Waals surface area (Å²) in [5.41, 5.74) is 1.86. The van der Waals surface area contributed by atoms with Crippen LogP contribution >= 0.6 is 0 Å². The molecule has 1 aliphatic rings. The first-order valence-electron chi connectivity index (χ1n) is 8.79. The number of nitrogens with one attached hydrogen (secondary N) is 1. The average Bonchev–Trinajstić information content (AvgIpc) is 2.59. The van der Waals surface area contributed by atoms with Crippen LogP contribution in [0.3, 0.4) is 0 Å². The van der Waals surface area contributed by atoms with Crippen LogP contribution in [0, 0.1) is 0 Å². The number of carbonyl (C=O) groups excluding carboxylic acids is 1. The van der Waals surface area contributed by atoms with Gasteiger partial charge in [-0.05, 0) is 26.0 Å². The van der Waals surface area contributed by atoms with E-state index in [1.54, 1.807) is 12.3 Å². The van der Waals surface area contributed by atoms with Crippen LogP contribution in [0.2, 0.25) is 0 Å². The van der Waals surface area contributed by atoms with E-state index in [2.05, 4.69) is 29.0 Å². The van der Waals surface area contributed by atoms with Gasteiger partial charge >= 0.3 is 0 Å². The SMILES string of the molecule is CC1CN(CCNC(=O)/C=C/c2cccc3cccnc23)CC(C)O1. The van der Waals surface area contributed by atoms with Crippen molar-refractivity contribution in [3.8, 4) is 0 Å². The molecule has 1 fully saturated rings. The van der Waals surface area contributed by atoms with Crippen LogP contribution in [0.25, 0.3) is 17.0 Å². The summed E-state index contributed by atoms with van der Waals surface area (Å²) in [7, 11) is 0. The number of pyridine rings is 1. The van der Waals surface area contributed by atoms with Crippen molar-refractivity contribution < 1.29 is 9.53 Å². The summed E-state index contributed by atoms with van der Waals surface area (Å²) in [4.78, 5) is 18.8. The Bertz CT molecular complexity index is 744. The Morgan fingerprint density at radius 2 is 2.04 bits per heavy atom. The highest BCUT2D eigenvalue weighted by molar-refractivity contribution is 5.95. The second-order valence-electron chi connectivity index (χ2n) is 6.56. The molecule has 25 heavy (non-hydrogen) atoms. The van der Waals surface area contributed by atoms with Gasteiger partial charge in [-0.25, -0.2) is 0 Å². The second kappa shape index (κ2) is 8.23. The van der Waals surface area contributed by atoms with Gasteiger partial charge in [0.05, 0.1) is 17.7 Å². The number of ether oxygens (including phenoxy) is 1. The zero-order chi connectivity index (χ0) is 17.6. The van der Waals surface area contributed by atoms with E-state index in [0.29, 0.717) is 6.54 Å². The third kappa shape index (κ3) is 4.87. The van der Waals surface area contributed by atoms with Crippen molar-refractivity contribution in [2.75, 3.05) is 26.2 Å². The summed E-state index contributed by atoms with van der Waals surface area (Å²) in [6.07, 6.45) is 5.66. The van der Waals surface area contributed by atoms with E-state index in [0.717, 1.165) is 36.1 Å². The van der Waals surface area contributed by atoms with Gasteiger partial charge in [0.1, 0.15) is 0 Å². The average molecular weight is 339 g/mol. The molecule has 0 bridgehead atoms. The lowest BCUT2D eigenvalue weighted by Gasteiger charge is -2.35. The van der Waals surface area contributed by atoms with Crippen LogP contribution in [-0.2, 0) is 9.53 Å². The van der Waals surface area contributed by atoms with Gasteiger partial charge in [0.2, 0.25) is 5.91 Å². The van der Waals surface area contributed by atoms with Crippen LogP contribution in [0.15, 0.2) is 42.6 Å². The molecule has 5 nitrogen and oxygen atoms in total. The number of para-hydroxylation sites is 1. The van der Waals surface area contributed by atoms with Crippen molar-refractivity contribution in [3.05, 3.63) is 48.2 Å². The summed E-state index contributed by atoms with van der Waals surface area (Å²) in [6, 6.07) is 9.89. The molecule has 1 aromatic carbocycles. The van der Waals surface area contributed by atoms with Crippen molar-refractivity contribution in [1.29, 1.82) is 0 Å². The molecule has 0 saturated carbocycles. The maximum atomic E-state index is 12.1. The Morgan fingerprint density at radius 3 is 2.84 bits per heavy atom. The predicted octanol–water partition coefficient (Wildman–Crippen LogP) is 2.47. The number of carbonyl (C=O) groups is 1. The quantitative estimate of drug-likeness (QED) is 0.851. The van der Waals surface area contributed by atoms with E-state index in [1.165, 1.54) is 0 Å². The first-order chi connectivity index (χ1) is 12.1. The number of benzene rings is 1. The van der Waals surface area contributed by atoms with Gasteiger partial charge < -0.3 is 10.1 Å². The van der Waals surface area contributed by atoms with Crippen LogP contribution in [0.4, 0.5) is 0 Å². The molecule has 0 radical (unpaired) electrons. The Labute approximate surface area is 148 Å². The third-order valence-corrected chi connectivity index (χ3v) is 4.30. The van der Waals surface area contributed by atoms with Crippen molar-refractivity contribution in [1.82, 2.24) is 15.2 Å². The highest BCUT2D eigenvalue weighted by Gasteiger charge is 2.21. The fraction of sp³-hybridized carbons (Fsp3) is 0.400. The van der Waals surface area contributed by atoms with Gasteiger partial charge in [0, 0.05) is 49.4 Å². The molecule has 2 heterocycles. The highest BCUT2D eigenvalue weighted by atomic mass is 16.5. The minimum Gasteiger partial charge on any atom is -0.373 e. The van der Waals surface area contributed by atoms with E-state index < -0.39 is 0 Å². The van der Waals surface area contributed by atoms with E-state index in [4.69, 9.17) is 4.74 Å². The molecule has 0 spiro atoms. The van der Waals surface area contributed by atoms with Crippen LogP contribution in [0.1, 0.15) is 19.4 Å². The van der Waals surface area contributed by atoms with Crippen LogP contribution in [-0.4, -0.2) is 54.2 Å². The number of hydrogen-bond donors (Lipinski definition) is 1. The number of aromatic nitrogens is 1. The second-order valence-corrected chi connectivity index (χ2v) is 6.56. The van der Waals surface area contributed by atoms with Crippen molar-refractivity contribution in [3.63, 3.8) is 0 Å². The summed E-state index contributed by atoms with van der Waals surface area (Å²) in [6.45, 7) is 7.48. The minimum atomic E-state index is -0.0812. The molecular weight excluding hydrogens is 314 g/mol. The van der Waals surface area contributed by atoms with E-state index >= 15 is 0 Å². The Hall–Kier alpha value is -2.24. The zero-order valence-corrected chi connectivity index (χ0v) is 14.8. The number of rotatable bonds is 5. The molecule has 1 saturated heterocycles. The molecule has 1 aliphatic heterocycles. The number of morpholine rings is 1. The maximum absolute atomic E-state index is 12.1. The van der Waals surface area contributed by atoms with Crippen molar-refractivity contribution >= 4 is 22.9 Å². The maximum Gasteiger partial charge on any atom is 0.244 e. The largest absolute Gasteiger partial charge is 0.373 e. The molecule has 132 valence electrons. The summed E-state index contributed by atoms with van der Waals surface area (Å²) in [5.74, 6) is -0.0812. The molecule has 0 aliphatic carbocycles. The molecule has 1 N–H and O–H groups in total. The highest BCUT2D eigenvalue weighted by Crippen LogP contribution is 2.17. The molecular formula is C20H25N3O2. The van der Waals surface area contributed by atoms with Crippen molar-refractivity contribution in [2.45, 2.75) is 26.1 Å². The standard InChI is InChI=1S/C20H25N3O2/c1-15-13-23(14-16(2)25-15)12-11-21-19(24)9-8-18-6-3-5-17-7-4-10-22-20(17)18/h3-10,15-16H,11-14H2,1-2H3,(H,21,24)/b9-8+. The minimum absolute atomic E-state index is 0.0812. The molecule has 1 amide bonds. The topological polar surface area (TPSA) is 54.5 Å². The smallest absolute Gasteiger partial charge is 0.244 e. The number of fused-ring (bicyclic) bond motifs is 1. The fourth-order valence-electron chi connectivity index (χ4n) is 3.29. The van der Waals surface area contributed by atoms with E-state index in [1.807, 2.05) is 36.4 Å². The lowest BCUT2D eigenvalue weighted by atomic mass is 10.1. The summed E-state index contributed by atoms with van der Waals surface area (Å²) < 4.78 is 5.72. The van der Waals surface area contributed by atoms with E-state index in [-0.39, 0.29) is 18.1 Å². The Balaban J connectivity index is 1.51. The molecule has 2 unspecified atom stereocenters. The first-order valence-corrected chi connectivity index (χ1v) is 8.79. The van der Waals surface area contributed by atoms with Gasteiger partial charge in [-0.15, -0.1) is 0 Å². The van der Waals surface area contributed by atoms with Crippen LogP contribution < -0.4 is 5.32 Å². The van der Waals surface area contributed by atoms with E-state index in [9.17, 15) is 4.79 Å². The third-order valence-electron chi connectivity index (χ3n) is 4.30. The summed E-state index contributed by atoms with van der Waals surface area (Å²) >= 11 is 0. The predicted molar refractivity (Wildman–Crippen MR) is 100 cm³/mol. The first kappa shape index (κ1) is 17.6. The lowest BCUT2D eigenvalue weighted by Crippen LogP contribution is -2.47. The number of hydrogen-bond acceptors (Lipinski definition) is 4. The normalized spacial score (nSPS) is 21.7. The van der Waals surface area contributed by atoms with Crippen molar-refractivity contribution in [2.24, 2.45) is 0 Å². The Kier molecular flexibility index (Phi) is 5.79. The molecule has 5 heteroatoms. The van der Waals surface area contributed by atoms with Gasteiger partial charge in [-0.1, -0.05) is 24.3 Å².